The van der Waals surface area contributed by atoms with E-state index in [9.17, 15) is 24.0 Å². The molecule has 0 saturated heterocycles. The van der Waals surface area contributed by atoms with Gasteiger partial charge < -0.3 is 38.3 Å². The fraction of sp³-hybridized carbons (Fsp3) is 0.706. The van der Waals surface area contributed by atoms with Crippen LogP contribution in [0.4, 0.5) is 0 Å². The zero-order valence-corrected chi connectivity index (χ0v) is 18.9. The first kappa shape index (κ1) is 29.0. The molecule has 0 aromatic heterocycles. The van der Waals surface area contributed by atoms with Crippen LogP contribution in [0.15, 0.2) is 0 Å². The highest BCUT2D eigenvalue weighted by Gasteiger charge is 2.29. The van der Waals surface area contributed by atoms with Crippen molar-refractivity contribution in [1.29, 1.82) is 0 Å². The second kappa shape index (κ2) is 15.7. The van der Waals surface area contributed by atoms with Gasteiger partial charge in [-0.3, -0.25) is 19.2 Å². The van der Waals surface area contributed by atoms with Crippen LogP contribution in [0.5, 0.6) is 0 Å². The van der Waals surface area contributed by atoms with Crippen LogP contribution in [0.2, 0.25) is 0 Å². The lowest BCUT2D eigenvalue weighted by molar-refractivity contribution is -0.141. The quantitative estimate of drug-likeness (QED) is 0.0822. The first-order valence-corrected chi connectivity index (χ1v) is 10.9. The molecule has 4 unspecified atom stereocenters. The lowest BCUT2D eigenvalue weighted by atomic mass is 10.1. The molecule has 14 heteroatoms. The Hall–Kier alpha value is -2.03. The summed E-state index contributed by atoms with van der Waals surface area (Å²) >= 11 is 7.81. The maximum atomic E-state index is 12.8. The standard InChI is InChI=1S/C17H32N6O6S2/c18-6-2-1-3-10(15(26)23-12(8-31)17(28)29)22-16(27)11(4-5-13(20)24)21-14(25)9(19)7-30/h9-12,30-31H,1-8,18-19H2,(H2,20,24)(H,21,25)(H,22,27)(H,23,26)(H,28,29). The zero-order valence-electron chi connectivity index (χ0n) is 17.1. The highest BCUT2D eigenvalue weighted by molar-refractivity contribution is 7.80. The Bertz CT molecular complexity index is 638. The number of unbranched alkanes of at least 4 members (excludes halogenated alkanes) is 1. The summed E-state index contributed by atoms with van der Waals surface area (Å²) in [6.07, 6.45) is 0.931. The molecule has 12 nitrogen and oxygen atoms in total. The highest BCUT2D eigenvalue weighted by Crippen LogP contribution is 2.05. The minimum Gasteiger partial charge on any atom is -0.480 e. The summed E-state index contributed by atoms with van der Waals surface area (Å²) in [5.41, 5.74) is 16.2. The molecule has 0 aliphatic carbocycles. The van der Waals surface area contributed by atoms with Crippen LogP contribution in [-0.4, -0.2) is 76.9 Å². The Kier molecular flexibility index (Phi) is 14.7. The predicted molar refractivity (Wildman–Crippen MR) is 120 cm³/mol. The smallest absolute Gasteiger partial charge is 0.327 e. The summed E-state index contributed by atoms with van der Waals surface area (Å²) in [5, 5.41) is 16.3. The minimum absolute atomic E-state index is 0.0282. The van der Waals surface area contributed by atoms with Gasteiger partial charge in [-0.1, -0.05) is 0 Å². The number of nitrogens with one attached hydrogen (secondary N) is 3. The van der Waals surface area contributed by atoms with Crippen LogP contribution in [0, 0.1) is 0 Å². The zero-order chi connectivity index (χ0) is 24.0. The number of primary amides is 1. The number of rotatable bonds is 16. The van der Waals surface area contributed by atoms with Gasteiger partial charge in [0.2, 0.25) is 23.6 Å². The lowest BCUT2D eigenvalue weighted by Gasteiger charge is -2.24. The van der Waals surface area contributed by atoms with Crippen LogP contribution >= 0.6 is 25.3 Å². The molecule has 0 heterocycles. The van der Waals surface area contributed by atoms with E-state index in [4.69, 9.17) is 22.3 Å². The van der Waals surface area contributed by atoms with Crippen molar-refractivity contribution in [3.63, 3.8) is 0 Å². The summed E-state index contributed by atoms with van der Waals surface area (Å²) in [7, 11) is 0. The molecule has 0 aromatic carbocycles. The normalized spacial score (nSPS) is 14.6. The van der Waals surface area contributed by atoms with E-state index in [1.165, 1.54) is 0 Å². The molecule has 4 amide bonds. The number of thiol groups is 2. The Balaban J connectivity index is 5.41. The van der Waals surface area contributed by atoms with E-state index >= 15 is 0 Å². The van der Waals surface area contributed by atoms with Gasteiger partial charge in [-0.2, -0.15) is 25.3 Å². The molecule has 0 aliphatic rings. The van der Waals surface area contributed by atoms with Crippen molar-refractivity contribution in [3.8, 4) is 0 Å². The number of aliphatic carboxylic acids is 1. The number of hydrogen-bond donors (Lipinski definition) is 9. The number of nitrogens with two attached hydrogens (primary N) is 3. The van der Waals surface area contributed by atoms with E-state index in [2.05, 4.69) is 41.2 Å². The molecule has 0 fully saturated rings. The Morgan fingerprint density at radius 3 is 1.77 bits per heavy atom. The number of hydrogen-bond acceptors (Lipinski definition) is 9. The molecule has 0 spiro atoms. The van der Waals surface area contributed by atoms with Crippen LogP contribution in [0.1, 0.15) is 32.1 Å². The maximum Gasteiger partial charge on any atom is 0.327 e. The van der Waals surface area contributed by atoms with Crippen molar-refractivity contribution in [2.24, 2.45) is 17.2 Å². The number of carboxylic acid groups (broad SMARTS) is 1. The van der Waals surface area contributed by atoms with Gasteiger partial charge in [0.25, 0.3) is 0 Å². The van der Waals surface area contributed by atoms with E-state index in [1.54, 1.807) is 0 Å². The second-order valence-electron chi connectivity index (χ2n) is 6.78. The molecular weight excluding hydrogens is 448 g/mol. The molecular formula is C17H32N6O6S2. The largest absolute Gasteiger partial charge is 0.480 e. The Morgan fingerprint density at radius 2 is 1.32 bits per heavy atom. The van der Waals surface area contributed by atoms with Gasteiger partial charge in [-0.15, -0.1) is 0 Å². The number of carbonyl (C=O) groups excluding carboxylic acids is 4. The van der Waals surface area contributed by atoms with Crippen LogP contribution in [-0.2, 0) is 24.0 Å². The Morgan fingerprint density at radius 1 is 0.806 bits per heavy atom. The molecule has 0 saturated carbocycles. The van der Waals surface area contributed by atoms with Crippen molar-refractivity contribution in [3.05, 3.63) is 0 Å². The van der Waals surface area contributed by atoms with Crippen molar-refractivity contribution < 1.29 is 29.1 Å². The monoisotopic (exact) mass is 480 g/mol. The summed E-state index contributed by atoms with van der Waals surface area (Å²) in [4.78, 5) is 59.7. The second-order valence-corrected chi connectivity index (χ2v) is 7.51. The van der Waals surface area contributed by atoms with E-state index in [1.807, 2.05) is 0 Å². The van der Waals surface area contributed by atoms with Gasteiger partial charge in [0.1, 0.15) is 18.1 Å². The fourth-order valence-electron chi connectivity index (χ4n) is 2.41. The van der Waals surface area contributed by atoms with Crippen molar-refractivity contribution >= 4 is 54.9 Å². The van der Waals surface area contributed by atoms with E-state index in [0.29, 0.717) is 19.4 Å². The summed E-state index contributed by atoms with van der Waals surface area (Å²) in [5.74, 6) is -4.21. The van der Waals surface area contributed by atoms with Crippen molar-refractivity contribution in [2.45, 2.75) is 56.3 Å². The highest BCUT2D eigenvalue weighted by atomic mass is 32.1. The van der Waals surface area contributed by atoms with Gasteiger partial charge in [-0.05, 0) is 32.2 Å². The summed E-state index contributed by atoms with van der Waals surface area (Å²) in [6.45, 7) is 0.371. The average molecular weight is 481 g/mol. The molecule has 178 valence electrons. The fourth-order valence-corrected chi connectivity index (χ4v) is 2.82. The van der Waals surface area contributed by atoms with E-state index in [-0.39, 0.29) is 30.8 Å². The van der Waals surface area contributed by atoms with Gasteiger partial charge in [-0.25, -0.2) is 4.79 Å². The molecule has 31 heavy (non-hydrogen) atoms. The first-order chi connectivity index (χ1) is 14.6. The third kappa shape index (κ3) is 11.8. The van der Waals surface area contributed by atoms with Crippen LogP contribution in [0.3, 0.4) is 0 Å². The molecule has 4 atom stereocenters. The van der Waals surface area contributed by atoms with Gasteiger partial charge in [0.15, 0.2) is 0 Å². The van der Waals surface area contributed by atoms with Gasteiger partial charge >= 0.3 is 5.97 Å². The molecule has 0 aliphatic heterocycles. The number of carboxylic acids is 1. The molecule has 10 N–H and O–H groups in total. The van der Waals surface area contributed by atoms with E-state index < -0.39 is 53.8 Å². The molecule has 0 radical (unpaired) electrons. The average Bonchev–Trinajstić information content (AvgIpc) is 2.72. The number of amides is 4. The lowest BCUT2D eigenvalue weighted by Crippen LogP contribution is -2.57. The van der Waals surface area contributed by atoms with Crippen LogP contribution < -0.4 is 33.2 Å². The maximum absolute atomic E-state index is 12.8. The van der Waals surface area contributed by atoms with Gasteiger partial charge in [0, 0.05) is 17.9 Å². The first-order valence-electron chi connectivity index (χ1n) is 9.66. The topological polar surface area (TPSA) is 220 Å². The molecule has 0 bridgehead atoms. The van der Waals surface area contributed by atoms with E-state index in [0.717, 1.165) is 0 Å². The Labute approximate surface area is 191 Å². The third-order valence-corrected chi connectivity index (χ3v) is 4.98. The van der Waals surface area contributed by atoms with Crippen molar-refractivity contribution in [1.82, 2.24) is 16.0 Å². The SMILES string of the molecule is NCCCCC(NC(=O)C(CCC(N)=O)NC(=O)C(N)CS)C(=O)NC(CS)C(=O)O. The molecule has 0 aromatic rings. The number of carbonyl (C=O) groups is 5. The minimum atomic E-state index is -1.28. The predicted octanol–water partition coefficient (Wildman–Crippen LogP) is -2.89. The van der Waals surface area contributed by atoms with Gasteiger partial charge in [0.05, 0.1) is 6.04 Å². The summed E-state index contributed by atoms with van der Waals surface area (Å²) < 4.78 is 0. The summed E-state index contributed by atoms with van der Waals surface area (Å²) in [6, 6.07) is -4.51. The third-order valence-electron chi connectivity index (χ3n) is 4.22. The molecule has 0 rings (SSSR count). The van der Waals surface area contributed by atoms with Crippen LogP contribution in [0.25, 0.3) is 0 Å². The van der Waals surface area contributed by atoms with Crippen molar-refractivity contribution in [2.75, 3.05) is 18.1 Å².